The van der Waals surface area contributed by atoms with E-state index >= 15 is 0 Å². The number of benzene rings is 7. The van der Waals surface area contributed by atoms with Gasteiger partial charge in [0.05, 0.1) is 0 Å². The first-order chi connectivity index (χ1) is 28.0. The maximum atomic E-state index is 6.28. The van der Waals surface area contributed by atoms with Crippen molar-refractivity contribution in [1.29, 1.82) is 0 Å². The van der Waals surface area contributed by atoms with Crippen LogP contribution in [0.25, 0.3) is 101 Å². The topological polar surface area (TPSA) is 64.7 Å². The molecule has 57 heavy (non-hydrogen) atoms. The molecule has 0 aliphatic carbocycles. The lowest BCUT2D eigenvalue weighted by molar-refractivity contribution is 0.669. The Morgan fingerprint density at radius 2 is 0.860 bits per heavy atom. The molecule has 0 radical (unpaired) electrons. The number of nitrogens with zero attached hydrogens (tertiary/aromatic N) is 4. The molecule has 0 aliphatic rings. The van der Waals surface area contributed by atoms with Crippen LogP contribution in [0.4, 0.5) is 0 Å². The molecule has 7 aromatic carbocycles. The third kappa shape index (κ3) is 6.55. The summed E-state index contributed by atoms with van der Waals surface area (Å²) in [6, 6.07) is 63.2. The van der Waals surface area contributed by atoms with E-state index in [0.29, 0.717) is 17.5 Å². The molecule has 0 spiro atoms. The fourth-order valence-electron chi connectivity index (χ4n) is 7.71. The van der Waals surface area contributed by atoms with E-state index in [1.54, 1.807) is 0 Å². The largest absolute Gasteiger partial charge is 0.456 e. The Kier molecular flexibility index (Phi) is 8.53. The van der Waals surface area contributed by atoms with Crippen LogP contribution in [-0.2, 0) is 0 Å². The molecule has 0 atom stereocenters. The van der Waals surface area contributed by atoms with Crippen LogP contribution in [0.3, 0.4) is 0 Å². The van der Waals surface area contributed by atoms with Gasteiger partial charge in [-0.3, -0.25) is 4.98 Å². The van der Waals surface area contributed by atoms with Crippen LogP contribution in [0, 0.1) is 13.8 Å². The molecule has 0 saturated heterocycles. The van der Waals surface area contributed by atoms with Crippen LogP contribution >= 0.6 is 0 Å². The molecule has 3 aromatic heterocycles. The number of rotatable bonds is 7. The molecule has 3 heterocycles. The Morgan fingerprint density at radius 3 is 1.61 bits per heavy atom. The fourth-order valence-corrected chi connectivity index (χ4v) is 7.71. The first-order valence-corrected chi connectivity index (χ1v) is 19.1. The standard InChI is InChI=1S/C52H36N4O/c1-33-20-27-43(34(2)53-33)40-16-11-17-41(30-40)51-54-50(55-52(56-51)42-26-29-46-45-18-9-10-19-48(45)57-49(46)32-42)38-23-21-37(22-24-38)44-28-25-39(35-12-5-3-6-13-35)31-47(44)36-14-7-4-8-15-36/h3-32H,1-2H3. The highest BCUT2D eigenvalue weighted by Gasteiger charge is 2.17. The Bertz CT molecular complexity index is 3080. The van der Waals surface area contributed by atoms with Crippen molar-refractivity contribution in [1.82, 2.24) is 19.9 Å². The van der Waals surface area contributed by atoms with Crippen molar-refractivity contribution in [3.63, 3.8) is 0 Å². The molecule has 0 unspecified atom stereocenters. The molecule has 0 amide bonds. The van der Waals surface area contributed by atoms with E-state index in [1.807, 2.05) is 44.2 Å². The van der Waals surface area contributed by atoms with Gasteiger partial charge in [0.1, 0.15) is 11.2 Å². The number of fused-ring (bicyclic) bond motifs is 3. The summed E-state index contributed by atoms with van der Waals surface area (Å²) in [6.07, 6.45) is 0. The minimum atomic E-state index is 0.572. The average molecular weight is 733 g/mol. The number of aryl methyl sites for hydroxylation is 2. The second-order valence-corrected chi connectivity index (χ2v) is 14.4. The fraction of sp³-hybridized carbons (Fsp3) is 0.0385. The second-order valence-electron chi connectivity index (χ2n) is 14.4. The summed E-state index contributed by atoms with van der Waals surface area (Å²) in [4.78, 5) is 20.0. The summed E-state index contributed by atoms with van der Waals surface area (Å²) in [7, 11) is 0. The van der Waals surface area contributed by atoms with Crippen molar-refractivity contribution in [2.24, 2.45) is 0 Å². The predicted molar refractivity (Wildman–Crippen MR) is 232 cm³/mol. The van der Waals surface area contributed by atoms with Crippen LogP contribution in [0.2, 0.25) is 0 Å². The molecule has 0 N–H and O–H groups in total. The molecule has 270 valence electrons. The number of pyridine rings is 1. The zero-order chi connectivity index (χ0) is 38.3. The maximum Gasteiger partial charge on any atom is 0.164 e. The normalized spacial score (nSPS) is 11.3. The van der Waals surface area contributed by atoms with Gasteiger partial charge in [-0.2, -0.15) is 0 Å². The molecular weight excluding hydrogens is 697 g/mol. The van der Waals surface area contributed by atoms with E-state index in [9.17, 15) is 0 Å². The smallest absolute Gasteiger partial charge is 0.164 e. The van der Waals surface area contributed by atoms with E-state index in [-0.39, 0.29) is 0 Å². The second kappa shape index (κ2) is 14.3. The SMILES string of the molecule is Cc1ccc(-c2cccc(-c3nc(-c4ccc(-c5ccc(-c6ccccc6)cc5-c5ccccc5)cc4)nc(-c4ccc5c(c4)oc4ccccc45)n3)c2)c(C)n1. The Morgan fingerprint density at radius 1 is 0.316 bits per heavy atom. The monoisotopic (exact) mass is 732 g/mol. The molecule has 0 bridgehead atoms. The summed E-state index contributed by atoms with van der Waals surface area (Å²) >= 11 is 0. The lowest BCUT2D eigenvalue weighted by Crippen LogP contribution is -2.00. The molecule has 5 nitrogen and oxygen atoms in total. The van der Waals surface area contributed by atoms with Gasteiger partial charge in [0.15, 0.2) is 17.5 Å². The summed E-state index contributed by atoms with van der Waals surface area (Å²) in [5, 5.41) is 2.14. The Hall–Kier alpha value is -7.50. The highest BCUT2D eigenvalue weighted by Crippen LogP contribution is 2.38. The van der Waals surface area contributed by atoms with Gasteiger partial charge in [-0.05, 0) is 89.2 Å². The van der Waals surface area contributed by atoms with E-state index < -0.39 is 0 Å². The van der Waals surface area contributed by atoms with Gasteiger partial charge in [0, 0.05) is 44.4 Å². The molecule has 10 aromatic rings. The molecule has 5 heteroatoms. The first-order valence-electron chi connectivity index (χ1n) is 19.1. The Labute approximate surface area is 331 Å². The number of para-hydroxylation sites is 1. The molecule has 0 fully saturated rings. The quantitative estimate of drug-likeness (QED) is 0.163. The van der Waals surface area contributed by atoms with Crippen LogP contribution in [-0.4, -0.2) is 19.9 Å². The van der Waals surface area contributed by atoms with Crippen LogP contribution < -0.4 is 0 Å². The third-order valence-electron chi connectivity index (χ3n) is 10.6. The van der Waals surface area contributed by atoms with Gasteiger partial charge >= 0.3 is 0 Å². The maximum absolute atomic E-state index is 6.28. The Balaban J connectivity index is 1.09. The van der Waals surface area contributed by atoms with Crippen LogP contribution in [0.15, 0.2) is 186 Å². The van der Waals surface area contributed by atoms with Crippen molar-refractivity contribution in [3.8, 4) is 78.7 Å². The van der Waals surface area contributed by atoms with Crippen molar-refractivity contribution in [3.05, 3.63) is 193 Å². The highest BCUT2D eigenvalue weighted by molar-refractivity contribution is 6.05. The molecular formula is C52H36N4O. The third-order valence-corrected chi connectivity index (χ3v) is 10.6. The minimum absolute atomic E-state index is 0.572. The summed E-state index contributed by atoms with van der Waals surface area (Å²) in [5.74, 6) is 1.75. The number of hydrogen-bond donors (Lipinski definition) is 0. The van der Waals surface area contributed by atoms with Gasteiger partial charge in [-0.25, -0.2) is 15.0 Å². The highest BCUT2D eigenvalue weighted by atomic mass is 16.3. The number of aromatic nitrogens is 4. The lowest BCUT2D eigenvalue weighted by atomic mass is 9.91. The molecule has 0 saturated carbocycles. The van der Waals surface area contributed by atoms with E-state index in [4.69, 9.17) is 24.4 Å². The van der Waals surface area contributed by atoms with Crippen molar-refractivity contribution < 1.29 is 4.42 Å². The zero-order valence-electron chi connectivity index (χ0n) is 31.5. The summed E-state index contributed by atoms with van der Waals surface area (Å²) in [5.41, 5.74) is 15.4. The predicted octanol–water partition coefficient (Wildman–Crippen LogP) is 13.5. The van der Waals surface area contributed by atoms with E-state index in [1.165, 1.54) is 22.3 Å². The van der Waals surface area contributed by atoms with Crippen molar-refractivity contribution in [2.75, 3.05) is 0 Å². The summed E-state index contributed by atoms with van der Waals surface area (Å²) in [6.45, 7) is 4.06. The molecule has 10 rings (SSSR count). The zero-order valence-corrected chi connectivity index (χ0v) is 31.5. The van der Waals surface area contributed by atoms with Gasteiger partial charge in [-0.15, -0.1) is 0 Å². The van der Waals surface area contributed by atoms with Crippen LogP contribution in [0.5, 0.6) is 0 Å². The number of furan rings is 1. The van der Waals surface area contributed by atoms with Gasteiger partial charge in [0.2, 0.25) is 0 Å². The summed E-state index contributed by atoms with van der Waals surface area (Å²) < 4.78 is 6.28. The lowest BCUT2D eigenvalue weighted by Gasteiger charge is -2.14. The van der Waals surface area contributed by atoms with Gasteiger partial charge in [0.25, 0.3) is 0 Å². The average Bonchev–Trinajstić information content (AvgIpc) is 3.65. The minimum Gasteiger partial charge on any atom is -0.456 e. The molecule has 0 aliphatic heterocycles. The van der Waals surface area contributed by atoms with Crippen molar-refractivity contribution >= 4 is 21.9 Å². The van der Waals surface area contributed by atoms with E-state index in [0.717, 1.165) is 72.3 Å². The van der Waals surface area contributed by atoms with Crippen LogP contribution in [0.1, 0.15) is 11.4 Å². The first kappa shape index (κ1) is 34.0. The van der Waals surface area contributed by atoms with Gasteiger partial charge < -0.3 is 4.42 Å². The number of hydrogen-bond acceptors (Lipinski definition) is 5. The van der Waals surface area contributed by atoms with E-state index in [2.05, 4.69) is 152 Å². The van der Waals surface area contributed by atoms with Crippen molar-refractivity contribution in [2.45, 2.75) is 13.8 Å². The van der Waals surface area contributed by atoms with Gasteiger partial charge in [-0.1, -0.05) is 146 Å².